The Bertz CT molecular complexity index is 541. The highest BCUT2D eigenvalue weighted by Crippen LogP contribution is 2.39. The van der Waals surface area contributed by atoms with Crippen molar-refractivity contribution in [3.8, 4) is 0 Å². The fraction of sp³-hybridized carbons (Fsp3) is 0.562. The van der Waals surface area contributed by atoms with E-state index in [1.807, 2.05) is 0 Å². The first-order valence-corrected chi connectivity index (χ1v) is 7.55. The van der Waals surface area contributed by atoms with Crippen LogP contribution in [0.15, 0.2) is 18.2 Å². The van der Waals surface area contributed by atoms with Crippen LogP contribution in [0, 0.1) is 17.6 Å². The first-order valence-electron chi connectivity index (χ1n) is 7.55. The molecule has 5 heteroatoms. The summed E-state index contributed by atoms with van der Waals surface area (Å²) >= 11 is 0. The minimum atomic E-state index is -0.613. The van der Waals surface area contributed by atoms with Crippen molar-refractivity contribution in [2.75, 3.05) is 11.9 Å². The first kappa shape index (κ1) is 14.4. The van der Waals surface area contributed by atoms with E-state index in [1.54, 1.807) is 0 Å². The second-order valence-corrected chi connectivity index (χ2v) is 6.15. The van der Waals surface area contributed by atoms with E-state index in [0.29, 0.717) is 18.0 Å². The van der Waals surface area contributed by atoms with Crippen molar-refractivity contribution >= 4 is 11.6 Å². The largest absolute Gasteiger partial charge is 0.322 e. The molecule has 0 bridgehead atoms. The molecule has 1 amide bonds. The lowest BCUT2D eigenvalue weighted by atomic mass is 10.1. The van der Waals surface area contributed by atoms with E-state index in [0.717, 1.165) is 31.0 Å². The zero-order valence-electron chi connectivity index (χ0n) is 12.1. The third kappa shape index (κ3) is 3.59. The Labute approximate surface area is 123 Å². The summed E-state index contributed by atoms with van der Waals surface area (Å²) in [5, 5.41) is 2.48. The van der Waals surface area contributed by atoms with Gasteiger partial charge in [-0.25, -0.2) is 8.78 Å². The van der Waals surface area contributed by atoms with Crippen LogP contribution in [0.2, 0.25) is 0 Å². The molecule has 2 aliphatic rings. The lowest BCUT2D eigenvalue weighted by molar-refractivity contribution is -0.118. The van der Waals surface area contributed by atoms with Crippen LogP contribution in [-0.4, -0.2) is 29.4 Å². The highest BCUT2D eigenvalue weighted by Gasteiger charge is 2.39. The number of benzene rings is 1. The summed E-state index contributed by atoms with van der Waals surface area (Å²) in [6, 6.07) is 3.94. The lowest BCUT2D eigenvalue weighted by Crippen LogP contribution is -2.42. The molecule has 2 saturated carbocycles. The maximum atomic E-state index is 13.5. The molecule has 3 nitrogen and oxygen atoms in total. The number of carbonyl (C=O) groups excluding carboxylic acids is 1. The third-order valence-corrected chi connectivity index (χ3v) is 4.37. The Morgan fingerprint density at radius 2 is 2.05 bits per heavy atom. The molecule has 0 aromatic heterocycles. The fourth-order valence-corrected chi connectivity index (χ4v) is 2.81. The molecular formula is C16H20F2N2O. The van der Waals surface area contributed by atoms with Crippen molar-refractivity contribution < 1.29 is 13.6 Å². The smallest absolute Gasteiger partial charge is 0.238 e. The van der Waals surface area contributed by atoms with Gasteiger partial charge in [0.2, 0.25) is 5.91 Å². The lowest BCUT2D eigenvalue weighted by Gasteiger charge is -2.28. The molecule has 0 radical (unpaired) electrons. The van der Waals surface area contributed by atoms with Crippen molar-refractivity contribution in [2.24, 2.45) is 5.92 Å². The number of carbonyl (C=O) groups is 1. The average Bonchev–Trinajstić information content (AvgIpc) is 3.29. The summed E-state index contributed by atoms with van der Waals surface area (Å²) < 4.78 is 26.7. The SMILES string of the molecule is CC(C1CC1)N(CC(=O)Nc1cc(F)ccc1F)C1CC1. The quantitative estimate of drug-likeness (QED) is 0.874. The monoisotopic (exact) mass is 294 g/mol. The van der Waals surface area contributed by atoms with E-state index < -0.39 is 11.6 Å². The van der Waals surface area contributed by atoms with Crippen LogP contribution in [0.1, 0.15) is 32.6 Å². The van der Waals surface area contributed by atoms with Gasteiger partial charge >= 0.3 is 0 Å². The maximum Gasteiger partial charge on any atom is 0.238 e. The van der Waals surface area contributed by atoms with Crippen LogP contribution in [-0.2, 0) is 4.79 Å². The zero-order valence-corrected chi connectivity index (χ0v) is 12.1. The molecule has 1 N–H and O–H groups in total. The van der Waals surface area contributed by atoms with E-state index in [-0.39, 0.29) is 18.1 Å². The van der Waals surface area contributed by atoms with E-state index in [2.05, 4.69) is 17.1 Å². The van der Waals surface area contributed by atoms with Gasteiger partial charge in [0, 0.05) is 18.2 Å². The van der Waals surface area contributed by atoms with Crippen LogP contribution in [0.4, 0.5) is 14.5 Å². The Morgan fingerprint density at radius 3 is 2.67 bits per heavy atom. The van der Waals surface area contributed by atoms with Crippen LogP contribution >= 0.6 is 0 Å². The molecule has 1 unspecified atom stereocenters. The van der Waals surface area contributed by atoms with Gasteiger partial charge in [0.15, 0.2) is 0 Å². The molecule has 0 spiro atoms. The number of amides is 1. The fourth-order valence-electron chi connectivity index (χ4n) is 2.81. The molecule has 1 aromatic carbocycles. The van der Waals surface area contributed by atoms with Gasteiger partial charge < -0.3 is 5.32 Å². The molecule has 114 valence electrons. The van der Waals surface area contributed by atoms with Crippen molar-refractivity contribution in [1.29, 1.82) is 0 Å². The van der Waals surface area contributed by atoms with Gasteiger partial charge in [0.05, 0.1) is 12.2 Å². The zero-order chi connectivity index (χ0) is 15.0. The molecular weight excluding hydrogens is 274 g/mol. The summed E-state index contributed by atoms with van der Waals surface area (Å²) in [6.07, 6.45) is 4.70. The summed E-state index contributed by atoms with van der Waals surface area (Å²) in [5.74, 6) is -0.765. The standard InChI is InChI=1S/C16H20F2N2O/c1-10(11-2-3-11)20(13-5-6-13)9-16(21)19-15-8-12(17)4-7-14(15)18/h4,7-8,10-11,13H,2-3,5-6,9H2,1H3,(H,19,21). The number of rotatable bonds is 6. The Morgan fingerprint density at radius 1 is 1.33 bits per heavy atom. The summed E-state index contributed by atoms with van der Waals surface area (Å²) in [5.41, 5.74) is -0.0881. The van der Waals surface area contributed by atoms with Crippen molar-refractivity contribution in [3.63, 3.8) is 0 Å². The van der Waals surface area contributed by atoms with Crippen molar-refractivity contribution in [1.82, 2.24) is 4.90 Å². The van der Waals surface area contributed by atoms with Gasteiger partial charge in [-0.3, -0.25) is 9.69 Å². The molecule has 2 fully saturated rings. The second kappa shape index (κ2) is 5.72. The molecule has 0 saturated heterocycles. The summed E-state index contributed by atoms with van der Waals surface area (Å²) in [6.45, 7) is 2.41. The van der Waals surface area contributed by atoms with Crippen LogP contribution in [0.5, 0.6) is 0 Å². The highest BCUT2D eigenvalue weighted by molar-refractivity contribution is 5.92. The molecule has 0 aliphatic heterocycles. The normalized spacial score (nSPS) is 19.6. The number of nitrogens with zero attached hydrogens (tertiary/aromatic N) is 1. The minimum absolute atomic E-state index is 0.0881. The molecule has 21 heavy (non-hydrogen) atoms. The van der Waals surface area contributed by atoms with Gasteiger partial charge in [0.25, 0.3) is 0 Å². The van der Waals surface area contributed by atoms with E-state index in [9.17, 15) is 13.6 Å². The van der Waals surface area contributed by atoms with Crippen molar-refractivity contribution in [2.45, 2.75) is 44.7 Å². The average molecular weight is 294 g/mol. The molecule has 2 aliphatic carbocycles. The summed E-state index contributed by atoms with van der Waals surface area (Å²) in [4.78, 5) is 14.3. The number of halogens is 2. The molecule has 1 atom stereocenters. The van der Waals surface area contributed by atoms with Crippen LogP contribution in [0.3, 0.4) is 0 Å². The minimum Gasteiger partial charge on any atom is -0.322 e. The predicted molar refractivity (Wildman–Crippen MR) is 76.9 cm³/mol. The number of hydrogen-bond donors (Lipinski definition) is 1. The molecule has 1 aromatic rings. The predicted octanol–water partition coefficient (Wildman–Crippen LogP) is 3.17. The molecule has 3 rings (SSSR count). The first-order chi connectivity index (χ1) is 10.0. The topological polar surface area (TPSA) is 32.3 Å². The molecule has 0 heterocycles. The van der Waals surface area contributed by atoms with Gasteiger partial charge in [-0.1, -0.05) is 0 Å². The Kier molecular flexibility index (Phi) is 3.93. The van der Waals surface area contributed by atoms with Crippen LogP contribution in [0.25, 0.3) is 0 Å². The van der Waals surface area contributed by atoms with Gasteiger partial charge in [-0.2, -0.15) is 0 Å². The number of anilines is 1. The Hall–Kier alpha value is -1.49. The summed E-state index contributed by atoms with van der Waals surface area (Å²) in [7, 11) is 0. The van der Waals surface area contributed by atoms with Gasteiger partial charge in [-0.15, -0.1) is 0 Å². The van der Waals surface area contributed by atoms with Gasteiger partial charge in [0.1, 0.15) is 11.6 Å². The third-order valence-electron chi connectivity index (χ3n) is 4.37. The van der Waals surface area contributed by atoms with Crippen molar-refractivity contribution in [3.05, 3.63) is 29.8 Å². The highest BCUT2D eigenvalue weighted by atomic mass is 19.1. The van der Waals surface area contributed by atoms with E-state index >= 15 is 0 Å². The number of hydrogen-bond acceptors (Lipinski definition) is 2. The maximum absolute atomic E-state index is 13.5. The van der Waals surface area contributed by atoms with Gasteiger partial charge in [-0.05, 0) is 50.7 Å². The van der Waals surface area contributed by atoms with Crippen LogP contribution < -0.4 is 5.32 Å². The van der Waals surface area contributed by atoms with E-state index in [1.165, 1.54) is 12.8 Å². The number of nitrogens with one attached hydrogen (secondary N) is 1. The Balaban J connectivity index is 1.63. The second-order valence-electron chi connectivity index (χ2n) is 6.15. The van der Waals surface area contributed by atoms with E-state index in [4.69, 9.17) is 0 Å².